The first-order chi connectivity index (χ1) is 12.0. The van der Waals surface area contributed by atoms with Crippen molar-refractivity contribution in [1.29, 1.82) is 0 Å². The average Bonchev–Trinajstić information content (AvgIpc) is 3.05. The van der Waals surface area contributed by atoms with E-state index in [0.29, 0.717) is 16.3 Å². The van der Waals surface area contributed by atoms with Crippen LogP contribution in [0.15, 0.2) is 52.1 Å². The first-order valence-electron chi connectivity index (χ1n) is 7.29. The van der Waals surface area contributed by atoms with Crippen LogP contribution in [0.1, 0.15) is 5.56 Å². The highest BCUT2D eigenvalue weighted by molar-refractivity contribution is 7.99. The van der Waals surface area contributed by atoms with E-state index in [1.54, 1.807) is 24.3 Å². The maximum Gasteiger partial charge on any atom is 0.277 e. The lowest BCUT2D eigenvalue weighted by Gasteiger charge is -2.07. The van der Waals surface area contributed by atoms with Crippen molar-refractivity contribution in [2.45, 2.75) is 12.1 Å². The minimum atomic E-state index is -0.388. The molecule has 0 fully saturated rings. The number of carbonyl (C=O) groups is 1. The lowest BCUT2D eigenvalue weighted by Crippen LogP contribution is -2.14. The summed E-state index contributed by atoms with van der Waals surface area (Å²) in [4.78, 5) is 12.1. The molecule has 25 heavy (non-hydrogen) atoms. The minimum Gasteiger partial charge on any atom is -0.411 e. The molecule has 0 bridgehead atoms. The SMILES string of the molecule is Cc1ccc(Cl)cc1NC(=O)CSc1nnc(-c2cccc(F)c2)o1. The number of aryl methyl sites for hydroxylation is 1. The molecule has 0 aliphatic carbocycles. The molecule has 0 radical (unpaired) electrons. The maximum absolute atomic E-state index is 13.2. The Morgan fingerprint density at radius 3 is 2.92 bits per heavy atom. The monoisotopic (exact) mass is 377 g/mol. The third-order valence-corrected chi connectivity index (χ3v) is 4.33. The van der Waals surface area contributed by atoms with Gasteiger partial charge >= 0.3 is 0 Å². The summed E-state index contributed by atoms with van der Waals surface area (Å²) >= 11 is 7.03. The third-order valence-electron chi connectivity index (χ3n) is 3.28. The molecule has 3 rings (SSSR count). The van der Waals surface area contributed by atoms with Crippen LogP contribution < -0.4 is 5.32 Å². The van der Waals surface area contributed by atoms with E-state index in [0.717, 1.165) is 17.3 Å². The van der Waals surface area contributed by atoms with Crippen LogP contribution in [0.4, 0.5) is 10.1 Å². The van der Waals surface area contributed by atoms with Gasteiger partial charge in [0, 0.05) is 16.3 Å². The average molecular weight is 378 g/mol. The van der Waals surface area contributed by atoms with Crippen molar-refractivity contribution >= 4 is 35.0 Å². The number of carbonyl (C=O) groups excluding carboxylic acids is 1. The topological polar surface area (TPSA) is 68.0 Å². The highest BCUT2D eigenvalue weighted by Crippen LogP contribution is 2.24. The van der Waals surface area contributed by atoms with Gasteiger partial charge in [-0.15, -0.1) is 10.2 Å². The second kappa shape index (κ2) is 7.67. The molecule has 128 valence electrons. The molecule has 3 aromatic rings. The molecule has 1 heterocycles. The van der Waals surface area contributed by atoms with Crippen molar-refractivity contribution in [2.75, 3.05) is 11.1 Å². The van der Waals surface area contributed by atoms with Crippen LogP contribution in [0.25, 0.3) is 11.5 Å². The fourth-order valence-electron chi connectivity index (χ4n) is 2.05. The summed E-state index contributed by atoms with van der Waals surface area (Å²) in [6, 6.07) is 11.1. The number of nitrogens with one attached hydrogen (secondary N) is 1. The highest BCUT2D eigenvalue weighted by atomic mass is 35.5. The Labute approximate surface area is 152 Å². The van der Waals surface area contributed by atoms with Gasteiger partial charge in [0.15, 0.2) is 0 Å². The Kier molecular flexibility index (Phi) is 5.35. The number of aromatic nitrogens is 2. The smallest absolute Gasteiger partial charge is 0.277 e. The van der Waals surface area contributed by atoms with Crippen molar-refractivity contribution in [3.63, 3.8) is 0 Å². The molecule has 0 saturated carbocycles. The Morgan fingerprint density at radius 2 is 2.12 bits per heavy atom. The number of rotatable bonds is 5. The number of hydrogen-bond acceptors (Lipinski definition) is 5. The van der Waals surface area contributed by atoms with E-state index in [4.69, 9.17) is 16.0 Å². The lowest BCUT2D eigenvalue weighted by molar-refractivity contribution is -0.113. The number of amides is 1. The Hall–Kier alpha value is -2.38. The first-order valence-corrected chi connectivity index (χ1v) is 8.66. The molecule has 1 aromatic heterocycles. The Bertz CT molecular complexity index is 916. The van der Waals surface area contributed by atoms with Gasteiger partial charge in [0.2, 0.25) is 11.8 Å². The summed E-state index contributed by atoms with van der Waals surface area (Å²) < 4.78 is 18.7. The minimum absolute atomic E-state index is 0.0940. The van der Waals surface area contributed by atoms with E-state index in [2.05, 4.69) is 15.5 Å². The van der Waals surface area contributed by atoms with Crippen LogP contribution >= 0.6 is 23.4 Å². The van der Waals surface area contributed by atoms with Crippen LogP contribution in [-0.2, 0) is 4.79 Å². The number of hydrogen-bond donors (Lipinski definition) is 1. The van der Waals surface area contributed by atoms with Crippen molar-refractivity contribution in [3.8, 4) is 11.5 Å². The summed E-state index contributed by atoms with van der Waals surface area (Å²) in [6.45, 7) is 1.88. The molecule has 0 saturated heterocycles. The molecule has 1 amide bonds. The molecule has 8 heteroatoms. The van der Waals surface area contributed by atoms with Gasteiger partial charge in [-0.1, -0.05) is 35.5 Å². The highest BCUT2D eigenvalue weighted by Gasteiger charge is 2.12. The van der Waals surface area contributed by atoms with Crippen LogP contribution in [0.2, 0.25) is 5.02 Å². The predicted octanol–water partition coefficient (Wildman–Crippen LogP) is 4.57. The third kappa shape index (κ3) is 4.58. The van der Waals surface area contributed by atoms with Gasteiger partial charge in [0.25, 0.3) is 5.22 Å². The second-order valence-corrected chi connectivity index (χ2v) is 6.54. The van der Waals surface area contributed by atoms with Gasteiger partial charge < -0.3 is 9.73 Å². The summed E-state index contributed by atoms with van der Waals surface area (Å²) in [5, 5.41) is 11.3. The summed E-state index contributed by atoms with van der Waals surface area (Å²) in [7, 11) is 0. The van der Waals surface area contributed by atoms with Crippen molar-refractivity contribution in [3.05, 3.63) is 58.9 Å². The van der Waals surface area contributed by atoms with Gasteiger partial charge in [0.05, 0.1) is 5.75 Å². The fraction of sp³-hybridized carbons (Fsp3) is 0.118. The van der Waals surface area contributed by atoms with Crippen LogP contribution in [-0.4, -0.2) is 21.9 Å². The van der Waals surface area contributed by atoms with Gasteiger partial charge in [-0.05, 0) is 42.8 Å². The van der Waals surface area contributed by atoms with E-state index >= 15 is 0 Å². The molecule has 0 aliphatic rings. The van der Waals surface area contributed by atoms with Crippen molar-refractivity contribution < 1.29 is 13.6 Å². The molecule has 1 N–H and O–H groups in total. The van der Waals surface area contributed by atoms with Gasteiger partial charge in [-0.3, -0.25) is 4.79 Å². The number of thioether (sulfide) groups is 1. The molecule has 0 aliphatic heterocycles. The summed E-state index contributed by atoms with van der Waals surface area (Å²) in [5.41, 5.74) is 2.05. The van der Waals surface area contributed by atoms with Gasteiger partial charge in [0.1, 0.15) is 5.82 Å². The normalized spacial score (nSPS) is 10.7. The van der Waals surface area contributed by atoms with E-state index in [1.807, 2.05) is 13.0 Å². The van der Waals surface area contributed by atoms with E-state index in [9.17, 15) is 9.18 Å². The van der Waals surface area contributed by atoms with E-state index in [-0.39, 0.29) is 28.6 Å². The number of anilines is 1. The Morgan fingerprint density at radius 1 is 1.28 bits per heavy atom. The number of nitrogens with zero attached hydrogens (tertiary/aromatic N) is 2. The Balaban J connectivity index is 1.60. The first kappa shape index (κ1) is 17.4. The van der Waals surface area contributed by atoms with E-state index in [1.165, 1.54) is 12.1 Å². The van der Waals surface area contributed by atoms with Crippen LogP contribution in [0, 0.1) is 12.7 Å². The van der Waals surface area contributed by atoms with E-state index < -0.39 is 0 Å². The van der Waals surface area contributed by atoms with Gasteiger partial charge in [-0.2, -0.15) is 0 Å². The lowest BCUT2D eigenvalue weighted by atomic mass is 10.2. The quantitative estimate of drug-likeness (QED) is 0.660. The second-order valence-electron chi connectivity index (χ2n) is 5.18. The molecule has 0 unspecified atom stereocenters. The zero-order chi connectivity index (χ0) is 17.8. The predicted molar refractivity (Wildman–Crippen MR) is 95.2 cm³/mol. The maximum atomic E-state index is 13.2. The zero-order valence-corrected chi connectivity index (χ0v) is 14.7. The number of benzene rings is 2. The molecular formula is C17H13ClFN3O2S. The van der Waals surface area contributed by atoms with Gasteiger partial charge in [-0.25, -0.2) is 4.39 Å². The molecule has 5 nitrogen and oxygen atoms in total. The molecular weight excluding hydrogens is 365 g/mol. The van der Waals surface area contributed by atoms with Crippen LogP contribution in [0.3, 0.4) is 0 Å². The fourth-order valence-corrected chi connectivity index (χ4v) is 2.78. The van der Waals surface area contributed by atoms with Crippen molar-refractivity contribution in [2.24, 2.45) is 0 Å². The molecule has 0 atom stereocenters. The largest absolute Gasteiger partial charge is 0.411 e. The standard InChI is InChI=1S/C17H13ClFN3O2S/c1-10-5-6-12(18)8-14(10)20-15(23)9-25-17-22-21-16(24-17)11-3-2-4-13(19)7-11/h2-8H,9H2,1H3,(H,20,23). The zero-order valence-electron chi connectivity index (χ0n) is 13.1. The molecule has 2 aromatic carbocycles. The summed E-state index contributed by atoms with van der Waals surface area (Å²) in [6.07, 6.45) is 0. The number of halogens is 2. The molecule has 0 spiro atoms. The van der Waals surface area contributed by atoms with Crippen LogP contribution in [0.5, 0.6) is 0 Å². The van der Waals surface area contributed by atoms with Crippen molar-refractivity contribution in [1.82, 2.24) is 10.2 Å². The summed E-state index contributed by atoms with van der Waals surface area (Å²) in [5.74, 6) is -0.313.